The van der Waals surface area contributed by atoms with Crippen LogP contribution < -0.4 is 14.4 Å². The van der Waals surface area contributed by atoms with E-state index in [9.17, 15) is 9.59 Å². The molecule has 3 aromatic carbocycles. The van der Waals surface area contributed by atoms with E-state index in [1.165, 1.54) is 0 Å². The smallest absolute Gasteiger partial charge is 0.234 e. The molecule has 0 unspecified atom stereocenters. The molecule has 6 nitrogen and oxygen atoms in total. The van der Waals surface area contributed by atoms with Crippen LogP contribution in [0.3, 0.4) is 0 Å². The number of fused-ring (bicyclic) bond motifs is 1. The maximum absolute atomic E-state index is 12.7. The molecule has 1 amide bonds. The number of nitrogens with zero attached hydrogens (tertiary/aromatic N) is 2. The highest BCUT2D eigenvalue weighted by atomic mass is 16.5. The van der Waals surface area contributed by atoms with E-state index in [2.05, 4.69) is 6.07 Å². The Kier molecular flexibility index (Phi) is 5.95. The summed E-state index contributed by atoms with van der Waals surface area (Å²) in [6.07, 6.45) is -0.0242. The molecule has 4 rings (SSSR count). The fourth-order valence-electron chi connectivity index (χ4n) is 3.40. The first kappa shape index (κ1) is 20.2. The number of anilines is 1. The summed E-state index contributed by atoms with van der Waals surface area (Å²) in [6, 6.07) is 23.7. The molecule has 0 aliphatic carbocycles. The SMILES string of the molecule is N#Cc1ccc2c(c1)OCCN2C(=O)CC(=O)Cc1ccc(Oc2ccccc2)cc1. The average Bonchev–Trinajstić information content (AvgIpc) is 2.80. The van der Waals surface area contributed by atoms with E-state index in [-0.39, 0.29) is 24.5 Å². The highest BCUT2D eigenvalue weighted by Crippen LogP contribution is 2.32. The van der Waals surface area contributed by atoms with Gasteiger partial charge in [-0.2, -0.15) is 5.26 Å². The Morgan fingerprint density at radius 2 is 1.74 bits per heavy atom. The summed E-state index contributed by atoms with van der Waals surface area (Å²) in [6.45, 7) is 0.696. The lowest BCUT2D eigenvalue weighted by Gasteiger charge is -2.29. The van der Waals surface area contributed by atoms with Crippen LogP contribution in [-0.2, 0) is 16.0 Å². The van der Waals surface area contributed by atoms with E-state index >= 15 is 0 Å². The van der Waals surface area contributed by atoms with Crippen molar-refractivity contribution in [3.05, 3.63) is 83.9 Å². The van der Waals surface area contributed by atoms with E-state index in [0.29, 0.717) is 35.9 Å². The number of nitriles is 1. The van der Waals surface area contributed by atoms with E-state index in [1.807, 2.05) is 54.6 Å². The molecule has 1 aliphatic heterocycles. The summed E-state index contributed by atoms with van der Waals surface area (Å²) >= 11 is 0. The molecule has 0 atom stereocenters. The Bertz CT molecular complexity index is 1130. The molecule has 31 heavy (non-hydrogen) atoms. The molecular weight excluding hydrogens is 392 g/mol. The summed E-state index contributed by atoms with van der Waals surface area (Å²) < 4.78 is 11.3. The highest BCUT2D eigenvalue weighted by molar-refractivity contribution is 6.07. The second kappa shape index (κ2) is 9.14. The van der Waals surface area contributed by atoms with Gasteiger partial charge in [0.25, 0.3) is 0 Å². The molecule has 1 heterocycles. The molecule has 0 N–H and O–H groups in total. The van der Waals surface area contributed by atoms with Crippen LogP contribution in [0.15, 0.2) is 72.8 Å². The Morgan fingerprint density at radius 1 is 1.00 bits per heavy atom. The molecule has 0 radical (unpaired) electrons. The van der Waals surface area contributed by atoms with Crippen LogP contribution >= 0.6 is 0 Å². The number of rotatable bonds is 6. The molecule has 0 saturated heterocycles. The van der Waals surface area contributed by atoms with Gasteiger partial charge >= 0.3 is 0 Å². The first-order valence-corrected chi connectivity index (χ1v) is 9.93. The number of para-hydroxylation sites is 1. The third-order valence-corrected chi connectivity index (χ3v) is 4.91. The summed E-state index contributed by atoms with van der Waals surface area (Å²) in [7, 11) is 0. The van der Waals surface area contributed by atoms with Gasteiger partial charge in [-0.05, 0) is 42.0 Å². The van der Waals surface area contributed by atoms with Crippen molar-refractivity contribution in [2.45, 2.75) is 12.8 Å². The summed E-state index contributed by atoms with van der Waals surface area (Å²) in [5.41, 5.74) is 1.87. The Morgan fingerprint density at radius 3 is 2.48 bits per heavy atom. The normalized spacial score (nSPS) is 12.3. The molecule has 0 spiro atoms. The third-order valence-electron chi connectivity index (χ3n) is 4.91. The standard InChI is InChI=1S/C25H20N2O4/c26-17-19-8-11-23-24(15-19)30-13-12-27(23)25(29)16-20(28)14-18-6-9-22(10-7-18)31-21-4-2-1-3-5-21/h1-11,15H,12-14,16H2. The number of ketones is 1. The van der Waals surface area contributed by atoms with Crippen molar-refractivity contribution in [3.8, 4) is 23.3 Å². The van der Waals surface area contributed by atoms with Crippen LogP contribution in [0.1, 0.15) is 17.5 Å². The Balaban J connectivity index is 1.36. The molecule has 154 valence electrons. The van der Waals surface area contributed by atoms with Gasteiger partial charge in [-0.15, -0.1) is 0 Å². The lowest BCUT2D eigenvalue weighted by atomic mass is 10.1. The molecular formula is C25H20N2O4. The molecule has 1 aliphatic rings. The van der Waals surface area contributed by atoms with E-state index in [4.69, 9.17) is 14.7 Å². The predicted octanol–water partition coefficient (Wildman–Crippen LogP) is 4.28. The lowest BCUT2D eigenvalue weighted by molar-refractivity contribution is -0.126. The molecule has 0 fully saturated rings. The van der Waals surface area contributed by atoms with Crippen LogP contribution in [0.25, 0.3) is 0 Å². The summed E-state index contributed by atoms with van der Waals surface area (Å²) in [5.74, 6) is 1.47. The zero-order valence-electron chi connectivity index (χ0n) is 16.8. The van der Waals surface area contributed by atoms with Gasteiger partial charge in [-0.3, -0.25) is 9.59 Å². The van der Waals surface area contributed by atoms with Gasteiger partial charge in [-0.25, -0.2) is 0 Å². The molecule has 6 heteroatoms. The van der Waals surface area contributed by atoms with Crippen molar-refractivity contribution < 1.29 is 19.1 Å². The van der Waals surface area contributed by atoms with Crippen LogP contribution in [-0.4, -0.2) is 24.8 Å². The minimum absolute atomic E-state index is 0.164. The first-order chi connectivity index (χ1) is 15.1. The minimum atomic E-state index is -0.275. The van der Waals surface area contributed by atoms with Crippen LogP contribution in [0.2, 0.25) is 0 Å². The Hall–Kier alpha value is -4.11. The number of hydrogen-bond acceptors (Lipinski definition) is 5. The molecule has 0 saturated carbocycles. The van der Waals surface area contributed by atoms with E-state index in [1.54, 1.807) is 23.1 Å². The molecule has 0 bridgehead atoms. The van der Waals surface area contributed by atoms with Gasteiger partial charge in [0.1, 0.15) is 29.6 Å². The number of ether oxygens (including phenoxy) is 2. The lowest BCUT2D eigenvalue weighted by Crippen LogP contribution is -2.39. The van der Waals surface area contributed by atoms with E-state index < -0.39 is 0 Å². The summed E-state index contributed by atoms with van der Waals surface area (Å²) in [5, 5.41) is 9.03. The van der Waals surface area contributed by atoms with Gasteiger partial charge < -0.3 is 14.4 Å². The van der Waals surface area contributed by atoms with Gasteiger partial charge in [0.15, 0.2) is 0 Å². The van der Waals surface area contributed by atoms with Gasteiger partial charge in [0.05, 0.1) is 30.3 Å². The first-order valence-electron chi connectivity index (χ1n) is 9.93. The van der Waals surface area contributed by atoms with Crippen molar-refractivity contribution in [2.75, 3.05) is 18.1 Å². The number of benzene rings is 3. The number of carbonyl (C=O) groups excluding carboxylic acids is 2. The fraction of sp³-hybridized carbons (Fsp3) is 0.160. The Labute approximate surface area is 180 Å². The minimum Gasteiger partial charge on any atom is -0.489 e. The van der Waals surface area contributed by atoms with Crippen molar-refractivity contribution >= 4 is 17.4 Å². The van der Waals surface area contributed by atoms with Gasteiger partial charge in [-0.1, -0.05) is 30.3 Å². The highest BCUT2D eigenvalue weighted by Gasteiger charge is 2.25. The van der Waals surface area contributed by atoms with Gasteiger partial charge in [0, 0.05) is 12.5 Å². The monoisotopic (exact) mass is 412 g/mol. The molecule has 0 aromatic heterocycles. The zero-order valence-corrected chi connectivity index (χ0v) is 16.8. The maximum atomic E-state index is 12.7. The molecule has 3 aromatic rings. The predicted molar refractivity (Wildman–Crippen MR) is 115 cm³/mol. The van der Waals surface area contributed by atoms with Crippen LogP contribution in [0.5, 0.6) is 17.2 Å². The van der Waals surface area contributed by atoms with Crippen LogP contribution in [0.4, 0.5) is 5.69 Å². The zero-order chi connectivity index (χ0) is 21.6. The number of hydrogen-bond donors (Lipinski definition) is 0. The number of Topliss-reactive ketones (excluding diaryl/α,β-unsaturated/α-hetero) is 1. The van der Waals surface area contributed by atoms with Crippen molar-refractivity contribution in [1.29, 1.82) is 5.26 Å². The quantitative estimate of drug-likeness (QED) is 0.565. The topological polar surface area (TPSA) is 79.6 Å². The number of carbonyl (C=O) groups is 2. The van der Waals surface area contributed by atoms with Crippen molar-refractivity contribution in [2.24, 2.45) is 0 Å². The van der Waals surface area contributed by atoms with E-state index in [0.717, 1.165) is 11.3 Å². The third kappa shape index (κ3) is 4.90. The largest absolute Gasteiger partial charge is 0.489 e. The second-order valence-corrected chi connectivity index (χ2v) is 7.14. The van der Waals surface area contributed by atoms with Gasteiger partial charge in [0.2, 0.25) is 5.91 Å². The fourth-order valence-corrected chi connectivity index (χ4v) is 3.40. The van der Waals surface area contributed by atoms with Crippen LogP contribution in [0, 0.1) is 11.3 Å². The summed E-state index contributed by atoms with van der Waals surface area (Å²) in [4.78, 5) is 26.8. The van der Waals surface area contributed by atoms with Crippen molar-refractivity contribution in [1.82, 2.24) is 0 Å². The number of amides is 1. The second-order valence-electron chi connectivity index (χ2n) is 7.14. The van der Waals surface area contributed by atoms with Crippen molar-refractivity contribution in [3.63, 3.8) is 0 Å². The average molecular weight is 412 g/mol. The maximum Gasteiger partial charge on any atom is 0.234 e.